The highest BCUT2D eigenvalue weighted by molar-refractivity contribution is 5.90. The van der Waals surface area contributed by atoms with E-state index in [1.54, 1.807) is 23.9 Å². The van der Waals surface area contributed by atoms with Gasteiger partial charge in [0.15, 0.2) is 6.61 Å². The lowest BCUT2D eigenvalue weighted by Gasteiger charge is -2.26. The van der Waals surface area contributed by atoms with Crippen molar-refractivity contribution in [2.24, 2.45) is 0 Å². The number of hydrogen-bond acceptors (Lipinski definition) is 3. The summed E-state index contributed by atoms with van der Waals surface area (Å²) in [5.41, 5.74) is 0. The Morgan fingerprint density at radius 2 is 1.92 bits per heavy atom. The second kappa shape index (κ2) is 6.91. The van der Waals surface area contributed by atoms with Gasteiger partial charge in [0.25, 0.3) is 5.91 Å². The van der Waals surface area contributed by atoms with Crippen molar-refractivity contribution in [1.29, 1.82) is 0 Å². The molecule has 0 bridgehead atoms. The number of likely N-dealkylation sites (N-methyl/N-ethyl adjacent to an activating group) is 1. The van der Waals surface area contributed by atoms with Crippen molar-refractivity contribution >= 4 is 22.6 Å². The lowest BCUT2D eigenvalue weighted by molar-refractivity contribution is -0.143. The van der Waals surface area contributed by atoms with Crippen LogP contribution in [-0.2, 0) is 9.59 Å². The molecule has 2 aromatic carbocycles. The molecule has 0 spiro atoms. The molecule has 24 heavy (non-hydrogen) atoms. The maximum atomic E-state index is 12.5. The van der Waals surface area contributed by atoms with Crippen LogP contribution in [0.4, 0.5) is 0 Å². The summed E-state index contributed by atoms with van der Waals surface area (Å²) in [6.07, 6.45) is 1.57. The zero-order valence-corrected chi connectivity index (χ0v) is 14.1. The molecule has 126 valence electrons. The SMILES string of the molecule is CN(C)C(=O)C1CCCN1C(=O)COc1cccc2ccccc12. The third-order valence-corrected chi connectivity index (χ3v) is 4.40. The number of benzene rings is 2. The van der Waals surface area contributed by atoms with Crippen LogP contribution >= 0.6 is 0 Å². The molecule has 0 aliphatic carbocycles. The van der Waals surface area contributed by atoms with Gasteiger partial charge in [0.1, 0.15) is 11.8 Å². The minimum absolute atomic E-state index is 0.0222. The molecule has 0 saturated carbocycles. The number of likely N-dealkylation sites (tertiary alicyclic amines) is 1. The molecule has 2 amide bonds. The summed E-state index contributed by atoms with van der Waals surface area (Å²) < 4.78 is 5.77. The van der Waals surface area contributed by atoms with E-state index in [9.17, 15) is 9.59 Å². The van der Waals surface area contributed by atoms with Crippen LogP contribution in [0.2, 0.25) is 0 Å². The molecule has 3 rings (SSSR count). The second-order valence-corrected chi connectivity index (χ2v) is 6.24. The second-order valence-electron chi connectivity index (χ2n) is 6.24. The van der Waals surface area contributed by atoms with E-state index in [1.807, 2.05) is 42.5 Å². The van der Waals surface area contributed by atoms with Crippen LogP contribution in [0, 0.1) is 0 Å². The Morgan fingerprint density at radius 3 is 2.71 bits per heavy atom. The normalized spacial score (nSPS) is 17.1. The number of rotatable bonds is 4. The monoisotopic (exact) mass is 326 g/mol. The van der Waals surface area contributed by atoms with Gasteiger partial charge < -0.3 is 14.5 Å². The Morgan fingerprint density at radius 1 is 1.17 bits per heavy atom. The predicted octanol–water partition coefficient (Wildman–Crippen LogP) is 2.30. The van der Waals surface area contributed by atoms with Crippen LogP contribution in [0.25, 0.3) is 10.8 Å². The maximum Gasteiger partial charge on any atom is 0.261 e. The van der Waals surface area contributed by atoms with Crippen molar-refractivity contribution in [3.63, 3.8) is 0 Å². The summed E-state index contributed by atoms with van der Waals surface area (Å²) in [6.45, 7) is 0.563. The van der Waals surface area contributed by atoms with Gasteiger partial charge >= 0.3 is 0 Å². The fourth-order valence-corrected chi connectivity index (χ4v) is 3.16. The van der Waals surface area contributed by atoms with Gasteiger partial charge in [0.05, 0.1) is 0 Å². The Kier molecular flexibility index (Phi) is 4.69. The van der Waals surface area contributed by atoms with E-state index in [1.165, 1.54) is 0 Å². The molecule has 1 saturated heterocycles. The number of fused-ring (bicyclic) bond motifs is 1. The quantitative estimate of drug-likeness (QED) is 0.866. The molecule has 1 unspecified atom stereocenters. The Hall–Kier alpha value is -2.56. The van der Waals surface area contributed by atoms with Gasteiger partial charge in [0.2, 0.25) is 5.91 Å². The highest BCUT2D eigenvalue weighted by atomic mass is 16.5. The molecular formula is C19H22N2O3. The van der Waals surface area contributed by atoms with E-state index < -0.39 is 0 Å². The molecule has 0 N–H and O–H groups in total. The first-order valence-corrected chi connectivity index (χ1v) is 8.19. The fourth-order valence-electron chi connectivity index (χ4n) is 3.16. The van der Waals surface area contributed by atoms with Crippen LogP contribution in [0.5, 0.6) is 5.75 Å². The van der Waals surface area contributed by atoms with Gasteiger partial charge in [-0.05, 0) is 24.3 Å². The van der Waals surface area contributed by atoms with Gasteiger partial charge in [-0.2, -0.15) is 0 Å². The van der Waals surface area contributed by atoms with Crippen molar-refractivity contribution in [2.45, 2.75) is 18.9 Å². The van der Waals surface area contributed by atoms with Crippen LogP contribution in [0.15, 0.2) is 42.5 Å². The smallest absolute Gasteiger partial charge is 0.261 e. The first kappa shape index (κ1) is 16.3. The van der Waals surface area contributed by atoms with Crippen molar-refractivity contribution in [3.8, 4) is 5.75 Å². The minimum Gasteiger partial charge on any atom is -0.483 e. The number of ether oxygens (including phenoxy) is 1. The Balaban J connectivity index is 1.70. The highest BCUT2D eigenvalue weighted by Gasteiger charge is 2.34. The van der Waals surface area contributed by atoms with Gasteiger partial charge in [-0.15, -0.1) is 0 Å². The van der Waals surface area contributed by atoms with Crippen LogP contribution in [-0.4, -0.2) is 54.9 Å². The average molecular weight is 326 g/mol. The van der Waals surface area contributed by atoms with Crippen LogP contribution in [0.1, 0.15) is 12.8 Å². The topological polar surface area (TPSA) is 49.9 Å². The van der Waals surface area contributed by atoms with Gasteiger partial charge in [-0.25, -0.2) is 0 Å². The third-order valence-electron chi connectivity index (χ3n) is 4.40. The molecule has 1 aliphatic rings. The number of amides is 2. The van der Waals surface area contributed by atoms with Crippen molar-refractivity contribution in [2.75, 3.05) is 27.2 Å². The van der Waals surface area contributed by atoms with Gasteiger partial charge in [0, 0.05) is 26.0 Å². The summed E-state index contributed by atoms with van der Waals surface area (Å²) in [5, 5.41) is 2.06. The Bertz CT molecular complexity index is 752. The summed E-state index contributed by atoms with van der Waals surface area (Å²) >= 11 is 0. The fraction of sp³-hybridized carbons (Fsp3) is 0.368. The first-order chi connectivity index (χ1) is 11.6. The minimum atomic E-state index is -0.358. The van der Waals surface area contributed by atoms with Crippen molar-refractivity contribution < 1.29 is 14.3 Å². The number of carbonyl (C=O) groups excluding carboxylic acids is 2. The molecule has 0 radical (unpaired) electrons. The molecule has 2 aromatic rings. The summed E-state index contributed by atoms with van der Waals surface area (Å²) in [6, 6.07) is 13.3. The standard InChI is InChI=1S/C19H22N2O3/c1-20(2)19(23)16-10-6-12-21(16)18(22)13-24-17-11-5-8-14-7-3-4-9-15(14)17/h3-5,7-9,11,16H,6,10,12-13H2,1-2H3. The van der Waals surface area contributed by atoms with E-state index in [4.69, 9.17) is 4.74 Å². The van der Waals surface area contributed by atoms with E-state index in [2.05, 4.69) is 0 Å². The van der Waals surface area contributed by atoms with E-state index in [0.29, 0.717) is 12.3 Å². The lowest BCUT2D eigenvalue weighted by atomic mass is 10.1. The summed E-state index contributed by atoms with van der Waals surface area (Å²) in [5.74, 6) is 0.530. The largest absolute Gasteiger partial charge is 0.483 e. The predicted molar refractivity (Wildman–Crippen MR) is 92.9 cm³/mol. The summed E-state index contributed by atoms with van der Waals surface area (Å²) in [4.78, 5) is 27.9. The van der Waals surface area contributed by atoms with Crippen molar-refractivity contribution in [3.05, 3.63) is 42.5 Å². The molecule has 0 aromatic heterocycles. The summed E-state index contributed by atoms with van der Waals surface area (Å²) in [7, 11) is 3.44. The van der Waals surface area contributed by atoms with Crippen LogP contribution < -0.4 is 4.74 Å². The van der Waals surface area contributed by atoms with Crippen LogP contribution in [0.3, 0.4) is 0 Å². The van der Waals surface area contributed by atoms with E-state index in [-0.39, 0.29) is 24.5 Å². The molecule has 5 nitrogen and oxygen atoms in total. The Labute approximate surface area is 141 Å². The molecule has 1 aliphatic heterocycles. The average Bonchev–Trinajstić information content (AvgIpc) is 3.08. The van der Waals surface area contributed by atoms with Gasteiger partial charge in [-0.3, -0.25) is 9.59 Å². The number of carbonyl (C=O) groups is 2. The first-order valence-electron chi connectivity index (χ1n) is 8.19. The molecule has 1 heterocycles. The van der Waals surface area contributed by atoms with E-state index >= 15 is 0 Å². The number of nitrogens with zero attached hydrogens (tertiary/aromatic N) is 2. The number of hydrogen-bond donors (Lipinski definition) is 0. The lowest BCUT2D eigenvalue weighted by Crippen LogP contribution is -2.46. The zero-order chi connectivity index (χ0) is 17.1. The molecule has 1 atom stereocenters. The maximum absolute atomic E-state index is 12.5. The van der Waals surface area contributed by atoms with Crippen molar-refractivity contribution in [1.82, 2.24) is 9.80 Å². The molecule has 5 heteroatoms. The molecule has 1 fully saturated rings. The zero-order valence-electron chi connectivity index (χ0n) is 14.1. The third kappa shape index (κ3) is 3.20. The highest BCUT2D eigenvalue weighted by Crippen LogP contribution is 2.25. The van der Waals surface area contributed by atoms with E-state index in [0.717, 1.165) is 23.6 Å². The molecular weight excluding hydrogens is 304 g/mol. The van der Waals surface area contributed by atoms with Gasteiger partial charge in [-0.1, -0.05) is 36.4 Å².